The second kappa shape index (κ2) is 9.27. The molecule has 2 N–H and O–H groups in total. The summed E-state index contributed by atoms with van der Waals surface area (Å²) in [6.07, 6.45) is 2.59. The monoisotopic (exact) mass is 431 g/mol. The topological polar surface area (TPSA) is 108 Å². The highest BCUT2D eigenvalue weighted by atomic mass is 32.2. The molecule has 0 radical (unpaired) electrons. The summed E-state index contributed by atoms with van der Waals surface area (Å²) in [6, 6.07) is 11.4. The molecule has 1 heterocycles. The fourth-order valence-electron chi connectivity index (χ4n) is 3.28. The van der Waals surface area contributed by atoms with E-state index < -0.39 is 15.9 Å². The number of carbonyl (C=O) groups is 1. The molecule has 1 fully saturated rings. The van der Waals surface area contributed by atoms with E-state index in [1.165, 1.54) is 23.7 Å². The lowest BCUT2D eigenvalue weighted by atomic mass is 9.99. The summed E-state index contributed by atoms with van der Waals surface area (Å²) in [7, 11) is -2.19. The smallest absolute Gasteiger partial charge is 0.244 e. The van der Waals surface area contributed by atoms with Crippen LogP contribution in [0.5, 0.6) is 11.5 Å². The Labute approximate surface area is 176 Å². The van der Waals surface area contributed by atoms with E-state index in [-0.39, 0.29) is 23.1 Å². The third kappa shape index (κ3) is 4.98. The Morgan fingerprint density at radius 1 is 1.27 bits per heavy atom. The van der Waals surface area contributed by atoms with E-state index in [1.54, 1.807) is 36.4 Å². The minimum atomic E-state index is -3.64. The lowest BCUT2D eigenvalue weighted by molar-refractivity contribution is -0.126. The molecule has 0 unspecified atom stereocenters. The number of ether oxygens (including phenoxy) is 1. The minimum absolute atomic E-state index is 0.0305. The van der Waals surface area contributed by atoms with Gasteiger partial charge < -0.3 is 9.84 Å². The molecule has 8 nitrogen and oxygen atoms in total. The number of rotatable bonds is 6. The number of benzene rings is 2. The summed E-state index contributed by atoms with van der Waals surface area (Å²) < 4.78 is 32.1. The molecule has 1 aliphatic heterocycles. The maximum absolute atomic E-state index is 12.9. The van der Waals surface area contributed by atoms with Crippen LogP contribution >= 0.6 is 0 Å². The van der Waals surface area contributed by atoms with Crippen molar-refractivity contribution in [2.75, 3.05) is 20.2 Å². The van der Waals surface area contributed by atoms with Crippen molar-refractivity contribution in [2.45, 2.75) is 24.7 Å². The number of hydrazone groups is 1. The number of carbonyl (C=O) groups excluding carboxylic acids is 1. The summed E-state index contributed by atoms with van der Waals surface area (Å²) in [6.45, 7) is 2.39. The van der Waals surface area contributed by atoms with E-state index in [4.69, 9.17) is 4.74 Å². The van der Waals surface area contributed by atoms with Gasteiger partial charge in [0, 0.05) is 13.1 Å². The zero-order chi connectivity index (χ0) is 21.7. The SMILES string of the molecule is COc1ccc(/C=N\NC(=O)[C@H]2CCCN(S(=O)(=O)c3ccc(C)cc3)C2)cc1O. The first-order valence-corrected chi connectivity index (χ1v) is 11.0. The Bertz CT molecular complexity index is 1040. The number of amides is 1. The van der Waals surface area contributed by atoms with Crippen LogP contribution in [0.1, 0.15) is 24.0 Å². The van der Waals surface area contributed by atoms with Crippen LogP contribution in [0.25, 0.3) is 0 Å². The highest BCUT2D eigenvalue weighted by molar-refractivity contribution is 7.89. The van der Waals surface area contributed by atoms with Gasteiger partial charge in [0.1, 0.15) is 0 Å². The Morgan fingerprint density at radius 2 is 2.00 bits per heavy atom. The van der Waals surface area contributed by atoms with Gasteiger partial charge in [-0.2, -0.15) is 9.41 Å². The van der Waals surface area contributed by atoms with Crippen LogP contribution < -0.4 is 10.2 Å². The van der Waals surface area contributed by atoms with Crippen molar-refractivity contribution < 1.29 is 23.1 Å². The molecule has 1 atom stereocenters. The van der Waals surface area contributed by atoms with Crippen molar-refractivity contribution in [2.24, 2.45) is 11.0 Å². The van der Waals surface area contributed by atoms with Gasteiger partial charge in [-0.25, -0.2) is 13.8 Å². The minimum Gasteiger partial charge on any atom is -0.504 e. The first kappa shape index (κ1) is 21.8. The fraction of sp³-hybridized carbons (Fsp3) is 0.333. The number of aromatic hydroxyl groups is 1. The number of methoxy groups -OCH3 is 1. The van der Waals surface area contributed by atoms with Crippen LogP contribution in [-0.2, 0) is 14.8 Å². The highest BCUT2D eigenvalue weighted by Crippen LogP contribution is 2.26. The molecular weight excluding hydrogens is 406 g/mol. The first-order valence-electron chi connectivity index (χ1n) is 9.58. The average molecular weight is 432 g/mol. The van der Waals surface area contributed by atoms with Crippen molar-refractivity contribution in [1.29, 1.82) is 0 Å². The molecular formula is C21H25N3O5S. The van der Waals surface area contributed by atoms with Gasteiger partial charge in [0.2, 0.25) is 15.9 Å². The molecule has 1 saturated heterocycles. The van der Waals surface area contributed by atoms with Gasteiger partial charge in [0.15, 0.2) is 11.5 Å². The molecule has 1 aliphatic rings. The number of hydrogen-bond donors (Lipinski definition) is 2. The highest BCUT2D eigenvalue weighted by Gasteiger charge is 2.33. The number of nitrogens with zero attached hydrogens (tertiary/aromatic N) is 2. The Balaban J connectivity index is 1.62. The van der Waals surface area contributed by atoms with E-state index >= 15 is 0 Å². The zero-order valence-corrected chi connectivity index (χ0v) is 17.7. The van der Waals surface area contributed by atoms with E-state index in [0.29, 0.717) is 30.7 Å². The van der Waals surface area contributed by atoms with Crippen LogP contribution in [0.4, 0.5) is 0 Å². The van der Waals surface area contributed by atoms with Crippen LogP contribution in [0, 0.1) is 12.8 Å². The van der Waals surface area contributed by atoms with Gasteiger partial charge in [-0.1, -0.05) is 17.7 Å². The molecule has 1 amide bonds. The van der Waals surface area contributed by atoms with Crippen molar-refractivity contribution in [1.82, 2.24) is 9.73 Å². The maximum atomic E-state index is 12.9. The summed E-state index contributed by atoms with van der Waals surface area (Å²) >= 11 is 0. The van der Waals surface area contributed by atoms with Gasteiger partial charge in [0.25, 0.3) is 0 Å². The summed E-state index contributed by atoms with van der Waals surface area (Å²) in [5.41, 5.74) is 4.03. The molecule has 0 aromatic heterocycles. The third-order valence-corrected chi connectivity index (χ3v) is 6.88. The molecule has 3 rings (SSSR count). The molecule has 0 spiro atoms. The number of hydrogen-bond acceptors (Lipinski definition) is 6. The van der Waals surface area contributed by atoms with Gasteiger partial charge in [0.05, 0.1) is 24.1 Å². The molecule has 2 aromatic carbocycles. The predicted molar refractivity (Wildman–Crippen MR) is 113 cm³/mol. The Morgan fingerprint density at radius 3 is 2.67 bits per heavy atom. The molecule has 9 heteroatoms. The van der Waals surface area contributed by atoms with Gasteiger partial charge in [-0.05, 0) is 55.7 Å². The number of piperidine rings is 1. The lowest BCUT2D eigenvalue weighted by Gasteiger charge is -2.30. The van der Waals surface area contributed by atoms with Crippen LogP contribution in [-0.4, -0.2) is 50.2 Å². The van der Waals surface area contributed by atoms with Gasteiger partial charge in [-0.15, -0.1) is 0 Å². The molecule has 2 aromatic rings. The maximum Gasteiger partial charge on any atom is 0.244 e. The van der Waals surface area contributed by atoms with Crippen molar-refractivity contribution in [3.8, 4) is 11.5 Å². The number of aryl methyl sites for hydroxylation is 1. The zero-order valence-electron chi connectivity index (χ0n) is 16.9. The van der Waals surface area contributed by atoms with E-state index in [9.17, 15) is 18.3 Å². The number of sulfonamides is 1. The van der Waals surface area contributed by atoms with E-state index in [0.717, 1.165) is 5.56 Å². The summed E-state index contributed by atoms with van der Waals surface area (Å²) in [5, 5.41) is 13.7. The second-order valence-electron chi connectivity index (χ2n) is 7.18. The van der Waals surface area contributed by atoms with E-state index in [2.05, 4.69) is 10.5 Å². The Hall–Kier alpha value is -2.91. The number of phenolic OH excluding ortho intramolecular Hbond substituents is 1. The standard InChI is InChI=1S/C21H25N3O5S/c1-15-5-8-18(9-6-15)30(27,28)24-11-3-4-17(14-24)21(26)23-22-13-16-7-10-20(29-2)19(25)12-16/h5-10,12-13,17,25H,3-4,11,14H2,1-2H3,(H,23,26)/b22-13-/t17-/m0/s1. The van der Waals surface area contributed by atoms with Crippen LogP contribution in [0.15, 0.2) is 52.5 Å². The third-order valence-electron chi connectivity index (χ3n) is 5.00. The molecule has 160 valence electrons. The molecule has 0 saturated carbocycles. The normalized spacial score (nSPS) is 17.7. The predicted octanol–water partition coefficient (Wildman–Crippen LogP) is 2.26. The summed E-state index contributed by atoms with van der Waals surface area (Å²) in [4.78, 5) is 12.7. The van der Waals surface area contributed by atoms with Crippen molar-refractivity contribution in [3.05, 3.63) is 53.6 Å². The van der Waals surface area contributed by atoms with Crippen LogP contribution in [0.3, 0.4) is 0 Å². The quantitative estimate of drug-likeness (QED) is 0.539. The molecule has 30 heavy (non-hydrogen) atoms. The van der Waals surface area contributed by atoms with Crippen LogP contribution in [0.2, 0.25) is 0 Å². The van der Waals surface area contributed by atoms with Gasteiger partial charge >= 0.3 is 0 Å². The van der Waals surface area contributed by atoms with Crippen molar-refractivity contribution >= 4 is 22.1 Å². The second-order valence-corrected chi connectivity index (χ2v) is 9.12. The number of phenols is 1. The first-order chi connectivity index (χ1) is 14.3. The lowest BCUT2D eigenvalue weighted by Crippen LogP contribution is -2.44. The fourth-order valence-corrected chi connectivity index (χ4v) is 4.81. The average Bonchev–Trinajstić information content (AvgIpc) is 2.74. The Kier molecular flexibility index (Phi) is 6.73. The largest absolute Gasteiger partial charge is 0.504 e. The van der Waals surface area contributed by atoms with Gasteiger partial charge in [-0.3, -0.25) is 4.79 Å². The van der Waals surface area contributed by atoms with Crippen molar-refractivity contribution in [3.63, 3.8) is 0 Å². The summed E-state index contributed by atoms with van der Waals surface area (Å²) in [5.74, 6) is -0.515. The molecule has 0 aliphatic carbocycles. The number of nitrogens with one attached hydrogen (secondary N) is 1. The molecule has 0 bridgehead atoms. The van der Waals surface area contributed by atoms with E-state index in [1.807, 2.05) is 6.92 Å².